The van der Waals surface area contributed by atoms with Gasteiger partial charge in [0.1, 0.15) is 11.5 Å². The number of phenols is 1. The molecule has 1 heterocycles. The van der Waals surface area contributed by atoms with Gasteiger partial charge in [0.25, 0.3) is 5.91 Å². The topological polar surface area (TPSA) is 104 Å². The van der Waals surface area contributed by atoms with E-state index in [4.69, 9.17) is 4.42 Å². The second-order valence-corrected chi connectivity index (χ2v) is 5.29. The Balaban J connectivity index is 1.85. The van der Waals surface area contributed by atoms with Gasteiger partial charge in [0.05, 0.1) is 24.8 Å². The summed E-state index contributed by atoms with van der Waals surface area (Å²) in [5.74, 6) is -0.202. The summed E-state index contributed by atoms with van der Waals surface area (Å²) >= 11 is 0. The molecule has 0 saturated heterocycles. The van der Waals surface area contributed by atoms with Crippen LogP contribution < -0.4 is 10.7 Å². The Hall–Kier alpha value is -3.09. The van der Waals surface area contributed by atoms with Crippen LogP contribution in [0.15, 0.2) is 46.1 Å². The highest BCUT2D eigenvalue weighted by molar-refractivity contribution is 6.01. The van der Waals surface area contributed by atoms with Crippen molar-refractivity contribution in [2.75, 3.05) is 0 Å². The van der Waals surface area contributed by atoms with Crippen molar-refractivity contribution in [1.82, 2.24) is 10.7 Å². The number of para-hydroxylation sites is 1. The Bertz CT molecular complexity index is 751. The lowest BCUT2D eigenvalue weighted by Gasteiger charge is -2.06. The van der Waals surface area contributed by atoms with Crippen LogP contribution >= 0.6 is 0 Å². The number of nitrogens with one attached hydrogen (secondary N) is 2. The van der Waals surface area contributed by atoms with Crippen molar-refractivity contribution in [2.45, 2.75) is 26.8 Å². The summed E-state index contributed by atoms with van der Waals surface area (Å²) in [6.07, 6.45) is 1.57. The SMILES string of the molecule is C/C(CC(=O)NCc1ccco1)=N\NC(=O)c1cccc(C)c1O. The van der Waals surface area contributed by atoms with Crippen LogP contribution in [0.5, 0.6) is 5.75 Å². The molecular formula is C17H19N3O4. The van der Waals surface area contributed by atoms with Crippen molar-refractivity contribution in [3.63, 3.8) is 0 Å². The molecule has 0 spiro atoms. The lowest BCUT2D eigenvalue weighted by molar-refractivity contribution is -0.120. The molecule has 2 aromatic rings. The van der Waals surface area contributed by atoms with Crippen LogP contribution in [0, 0.1) is 6.92 Å². The normalized spacial score (nSPS) is 11.2. The fourth-order valence-electron chi connectivity index (χ4n) is 1.98. The Morgan fingerprint density at radius 3 is 2.75 bits per heavy atom. The minimum absolute atomic E-state index is 0.0424. The number of aryl methyl sites for hydroxylation is 1. The Labute approximate surface area is 139 Å². The van der Waals surface area contributed by atoms with E-state index in [9.17, 15) is 14.7 Å². The van der Waals surface area contributed by atoms with Crippen LogP contribution in [0.1, 0.15) is 35.0 Å². The molecule has 7 heteroatoms. The van der Waals surface area contributed by atoms with E-state index in [0.717, 1.165) is 0 Å². The van der Waals surface area contributed by atoms with E-state index in [-0.39, 0.29) is 23.6 Å². The van der Waals surface area contributed by atoms with Gasteiger partial charge in [-0.05, 0) is 37.6 Å². The van der Waals surface area contributed by atoms with Crippen LogP contribution in [0.25, 0.3) is 0 Å². The number of hydrazone groups is 1. The molecule has 24 heavy (non-hydrogen) atoms. The lowest BCUT2D eigenvalue weighted by Crippen LogP contribution is -2.26. The maximum atomic E-state index is 12.0. The highest BCUT2D eigenvalue weighted by Gasteiger charge is 2.12. The first-order chi connectivity index (χ1) is 11.5. The third-order valence-corrected chi connectivity index (χ3v) is 3.29. The molecule has 3 N–H and O–H groups in total. The number of amides is 2. The molecular weight excluding hydrogens is 310 g/mol. The average Bonchev–Trinajstić information content (AvgIpc) is 3.07. The smallest absolute Gasteiger partial charge is 0.275 e. The lowest BCUT2D eigenvalue weighted by atomic mass is 10.1. The molecule has 0 atom stereocenters. The maximum Gasteiger partial charge on any atom is 0.275 e. The monoisotopic (exact) mass is 329 g/mol. The molecule has 1 aromatic carbocycles. The first-order valence-electron chi connectivity index (χ1n) is 7.38. The number of nitrogens with zero attached hydrogens (tertiary/aromatic N) is 1. The van der Waals surface area contributed by atoms with E-state index in [1.165, 1.54) is 12.3 Å². The molecule has 0 aliphatic carbocycles. The van der Waals surface area contributed by atoms with E-state index >= 15 is 0 Å². The molecule has 0 saturated carbocycles. The zero-order valence-corrected chi connectivity index (χ0v) is 13.5. The number of aromatic hydroxyl groups is 1. The largest absolute Gasteiger partial charge is 0.507 e. The number of benzene rings is 1. The van der Waals surface area contributed by atoms with Gasteiger partial charge in [-0.1, -0.05) is 12.1 Å². The van der Waals surface area contributed by atoms with Crippen LogP contribution in [0.3, 0.4) is 0 Å². The molecule has 0 aliphatic rings. The summed E-state index contributed by atoms with van der Waals surface area (Å²) in [5, 5.41) is 16.4. The summed E-state index contributed by atoms with van der Waals surface area (Å²) < 4.78 is 5.11. The van der Waals surface area contributed by atoms with Gasteiger partial charge in [-0.2, -0.15) is 5.10 Å². The summed E-state index contributed by atoms with van der Waals surface area (Å²) in [5.41, 5.74) is 3.50. The first-order valence-corrected chi connectivity index (χ1v) is 7.38. The number of hydrogen-bond donors (Lipinski definition) is 3. The Morgan fingerprint density at radius 2 is 2.04 bits per heavy atom. The first kappa shape index (κ1) is 17.3. The quantitative estimate of drug-likeness (QED) is 0.557. The predicted octanol–water partition coefficient (Wildman–Crippen LogP) is 2.11. The van der Waals surface area contributed by atoms with E-state index < -0.39 is 5.91 Å². The molecule has 126 valence electrons. The van der Waals surface area contributed by atoms with E-state index in [1.54, 1.807) is 38.1 Å². The van der Waals surface area contributed by atoms with Gasteiger partial charge in [0.15, 0.2) is 0 Å². The number of phenolic OH excluding ortho intramolecular Hbond substituents is 1. The van der Waals surface area contributed by atoms with Crippen molar-refractivity contribution >= 4 is 17.5 Å². The fourth-order valence-corrected chi connectivity index (χ4v) is 1.98. The third-order valence-electron chi connectivity index (χ3n) is 3.29. The second kappa shape index (κ2) is 7.96. The number of carbonyl (C=O) groups is 2. The number of rotatable bonds is 6. The molecule has 0 radical (unpaired) electrons. The van der Waals surface area contributed by atoms with Crippen LogP contribution in [0.2, 0.25) is 0 Å². The second-order valence-electron chi connectivity index (χ2n) is 5.29. The summed E-state index contributed by atoms with van der Waals surface area (Å²) in [6.45, 7) is 3.62. The Kier molecular flexibility index (Phi) is 5.73. The summed E-state index contributed by atoms with van der Waals surface area (Å²) in [7, 11) is 0. The van der Waals surface area contributed by atoms with Crippen molar-refractivity contribution in [3.8, 4) is 5.75 Å². The molecule has 2 amide bonds. The number of hydrogen-bond acceptors (Lipinski definition) is 5. The molecule has 2 rings (SSSR count). The van der Waals surface area contributed by atoms with Crippen LogP contribution in [-0.4, -0.2) is 22.6 Å². The average molecular weight is 329 g/mol. The number of furan rings is 1. The highest BCUT2D eigenvalue weighted by atomic mass is 16.3. The van der Waals surface area contributed by atoms with Crippen molar-refractivity contribution in [2.24, 2.45) is 5.10 Å². The van der Waals surface area contributed by atoms with Gasteiger partial charge in [0, 0.05) is 5.71 Å². The molecule has 0 bridgehead atoms. The fraction of sp³-hybridized carbons (Fsp3) is 0.235. The van der Waals surface area contributed by atoms with Gasteiger partial charge in [0.2, 0.25) is 5.91 Å². The van der Waals surface area contributed by atoms with Gasteiger partial charge in [-0.15, -0.1) is 0 Å². The van der Waals surface area contributed by atoms with Crippen LogP contribution in [-0.2, 0) is 11.3 Å². The van der Waals surface area contributed by atoms with Gasteiger partial charge >= 0.3 is 0 Å². The van der Waals surface area contributed by atoms with Crippen molar-refractivity contribution in [1.29, 1.82) is 0 Å². The van der Waals surface area contributed by atoms with Crippen molar-refractivity contribution < 1.29 is 19.1 Å². The summed E-state index contributed by atoms with van der Waals surface area (Å²) in [6, 6.07) is 8.37. The van der Waals surface area contributed by atoms with Gasteiger partial charge < -0.3 is 14.8 Å². The molecule has 7 nitrogen and oxygen atoms in total. The molecule has 1 aromatic heterocycles. The third kappa shape index (κ3) is 4.70. The zero-order valence-electron chi connectivity index (χ0n) is 13.5. The highest BCUT2D eigenvalue weighted by Crippen LogP contribution is 2.20. The van der Waals surface area contributed by atoms with Crippen LogP contribution in [0.4, 0.5) is 0 Å². The van der Waals surface area contributed by atoms with Crippen molar-refractivity contribution in [3.05, 3.63) is 53.5 Å². The van der Waals surface area contributed by atoms with E-state index in [0.29, 0.717) is 23.6 Å². The van der Waals surface area contributed by atoms with Gasteiger partial charge in [-0.25, -0.2) is 5.43 Å². The predicted molar refractivity (Wildman–Crippen MR) is 88.6 cm³/mol. The minimum atomic E-state index is -0.536. The van der Waals surface area contributed by atoms with Gasteiger partial charge in [-0.3, -0.25) is 9.59 Å². The minimum Gasteiger partial charge on any atom is -0.507 e. The van der Waals surface area contributed by atoms with E-state index in [2.05, 4.69) is 15.8 Å². The molecule has 0 fully saturated rings. The summed E-state index contributed by atoms with van der Waals surface area (Å²) in [4.78, 5) is 23.8. The molecule has 0 aliphatic heterocycles. The zero-order chi connectivity index (χ0) is 17.5. The standard InChI is InChI=1S/C17H19N3O4/c1-11-5-3-7-14(16(11)22)17(23)20-19-12(2)9-15(21)18-10-13-6-4-8-24-13/h3-8,22H,9-10H2,1-2H3,(H,18,21)(H,20,23)/b19-12+. The van der Waals surface area contributed by atoms with E-state index in [1.807, 2.05) is 0 Å². The number of carbonyl (C=O) groups excluding carboxylic acids is 2. The molecule has 0 unspecified atom stereocenters. The Morgan fingerprint density at radius 1 is 1.25 bits per heavy atom. The maximum absolute atomic E-state index is 12.0.